The van der Waals surface area contributed by atoms with E-state index in [4.69, 9.17) is 4.74 Å². The molecule has 2 saturated heterocycles. The summed E-state index contributed by atoms with van der Waals surface area (Å²) in [6.07, 6.45) is 1.10. The van der Waals surface area contributed by atoms with Crippen molar-refractivity contribution in [2.75, 3.05) is 13.2 Å². The Morgan fingerprint density at radius 1 is 1.47 bits per heavy atom. The number of thiazole rings is 1. The van der Waals surface area contributed by atoms with Gasteiger partial charge in [-0.2, -0.15) is 0 Å². The fraction of sp³-hybridized carbons (Fsp3) is 0.583. The van der Waals surface area contributed by atoms with Crippen molar-refractivity contribution in [3.05, 3.63) is 16.1 Å². The lowest BCUT2D eigenvalue weighted by molar-refractivity contribution is -0.134. The molecule has 0 unspecified atom stereocenters. The number of nitrogens with one attached hydrogen (secondary N) is 1. The summed E-state index contributed by atoms with van der Waals surface area (Å²) in [4.78, 5) is 30.9. The van der Waals surface area contributed by atoms with Crippen LogP contribution in [-0.4, -0.2) is 40.6 Å². The van der Waals surface area contributed by atoms with Crippen LogP contribution in [0.1, 0.15) is 23.4 Å². The van der Waals surface area contributed by atoms with Gasteiger partial charge in [-0.3, -0.25) is 9.69 Å². The zero-order valence-corrected chi connectivity index (χ0v) is 11.5. The van der Waals surface area contributed by atoms with Gasteiger partial charge in [-0.1, -0.05) is 0 Å². The summed E-state index contributed by atoms with van der Waals surface area (Å²) < 4.78 is 5.27. The van der Waals surface area contributed by atoms with Gasteiger partial charge in [0.25, 0.3) is 5.91 Å². The second-order valence-corrected chi connectivity index (χ2v) is 5.82. The number of aryl methyl sites for hydroxylation is 1. The minimum Gasteiger partial charge on any atom is -0.381 e. The van der Waals surface area contributed by atoms with Gasteiger partial charge in [0.15, 0.2) is 0 Å². The number of imide groups is 1. The highest BCUT2D eigenvalue weighted by Gasteiger charge is 2.51. The number of rotatable bonds is 2. The van der Waals surface area contributed by atoms with Crippen molar-refractivity contribution in [1.82, 2.24) is 15.2 Å². The number of urea groups is 1. The fourth-order valence-electron chi connectivity index (χ4n) is 2.50. The van der Waals surface area contributed by atoms with E-state index in [1.807, 2.05) is 6.92 Å². The van der Waals surface area contributed by atoms with Gasteiger partial charge in [0, 0.05) is 30.9 Å². The van der Waals surface area contributed by atoms with Crippen molar-refractivity contribution < 1.29 is 14.3 Å². The number of carbonyl (C=O) groups excluding carboxylic acids is 2. The topological polar surface area (TPSA) is 71.5 Å². The third kappa shape index (κ3) is 2.02. The molecular weight excluding hydrogens is 266 g/mol. The largest absolute Gasteiger partial charge is 0.381 e. The van der Waals surface area contributed by atoms with Crippen LogP contribution in [0.2, 0.25) is 0 Å². The average molecular weight is 281 g/mol. The Kier molecular flexibility index (Phi) is 3.02. The summed E-state index contributed by atoms with van der Waals surface area (Å²) in [7, 11) is 0. The second kappa shape index (κ2) is 4.57. The number of hydrogen-bond donors (Lipinski definition) is 1. The Labute approximate surface area is 114 Å². The van der Waals surface area contributed by atoms with Gasteiger partial charge in [0.05, 0.1) is 17.7 Å². The van der Waals surface area contributed by atoms with Gasteiger partial charge in [-0.05, 0) is 6.92 Å². The van der Waals surface area contributed by atoms with Gasteiger partial charge in [0.1, 0.15) is 5.54 Å². The Morgan fingerprint density at radius 3 is 2.84 bits per heavy atom. The molecule has 0 radical (unpaired) electrons. The third-order valence-corrected chi connectivity index (χ3v) is 4.66. The molecule has 7 heteroatoms. The number of amides is 3. The summed E-state index contributed by atoms with van der Waals surface area (Å²) in [6, 6.07) is -0.306. The van der Waals surface area contributed by atoms with Crippen LogP contribution in [0.4, 0.5) is 4.79 Å². The lowest BCUT2D eigenvalue weighted by atomic mass is 9.90. The van der Waals surface area contributed by atoms with E-state index in [9.17, 15) is 9.59 Å². The normalized spacial score (nSPS) is 22.1. The SMILES string of the molecule is Cc1ncsc1CN1C(=O)NC2(CCOCC2)C1=O. The summed E-state index contributed by atoms with van der Waals surface area (Å²) in [5, 5.41) is 2.84. The second-order valence-electron chi connectivity index (χ2n) is 4.88. The van der Waals surface area contributed by atoms with Crippen LogP contribution in [0, 0.1) is 6.92 Å². The van der Waals surface area contributed by atoms with Crippen LogP contribution in [0.15, 0.2) is 5.51 Å². The van der Waals surface area contributed by atoms with E-state index in [0.717, 1.165) is 10.6 Å². The molecule has 0 aliphatic carbocycles. The summed E-state index contributed by atoms with van der Waals surface area (Å²) in [5.41, 5.74) is 1.86. The minimum absolute atomic E-state index is 0.131. The molecule has 0 bridgehead atoms. The summed E-state index contributed by atoms with van der Waals surface area (Å²) in [5.74, 6) is -0.131. The van der Waals surface area contributed by atoms with Crippen LogP contribution < -0.4 is 5.32 Å². The fourth-order valence-corrected chi connectivity index (χ4v) is 3.27. The monoisotopic (exact) mass is 281 g/mol. The molecule has 3 rings (SSSR count). The molecule has 1 aromatic heterocycles. The molecule has 2 aliphatic heterocycles. The van der Waals surface area contributed by atoms with Gasteiger partial charge in [-0.25, -0.2) is 9.78 Å². The van der Waals surface area contributed by atoms with Crippen LogP contribution in [0.5, 0.6) is 0 Å². The highest BCUT2D eigenvalue weighted by molar-refractivity contribution is 7.09. The van der Waals surface area contributed by atoms with Crippen molar-refractivity contribution in [3.8, 4) is 0 Å². The number of carbonyl (C=O) groups is 2. The molecule has 2 aliphatic rings. The Hall–Kier alpha value is -1.47. The van der Waals surface area contributed by atoms with Crippen molar-refractivity contribution in [2.45, 2.75) is 31.8 Å². The molecule has 3 amide bonds. The van der Waals surface area contributed by atoms with E-state index < -0.39 is 5.54 Å². The maximum atomic E-state index is 12.5. The Bertz CT molecular complexity index is 522. The zero-order valence-electron chi connectivity index (χ0n) is 10.6. The summed E-state index contributed by atoms with van der Waals surface area (Å²) in [6.45, 7) is 3.22. The van der Waals surface area contributed by atoms with E-state index in [1.54, 1.807) is 5.51 Å². The number of ether oxygens (including phenoxy) is 1. The Balaban J connectivity index is 1.81. The summed E-state index contributed by atoms with van der Waals surface area (Å²) >= 11 is 1.47. The number of hydrogen-bond acceptors (Lipinski definition) is 5. The lowest BCUT2D eigenvalue weighted by Gasteiger charge is -2.30. The van der Waals surface area contributed by atoms with Crippen LogP contribution in [-0.2, 0) is 16.1 Å². The van der Waals surface area contributed by atoms with E-state index >= 15 is 0 Å². The van der Waals surface area contributed by atoms with E-state index in [-0.39, 0.29) is 11.9 Å². The predicted octanol–water partition coefficient (Wildman–Crippen LogP) is 1.05. The molecule has 6 nitrogen and oxygen atoms in total. The maximum absolute atomic E-state index is 12.5. The van der Waals surface area contributed by atoms with Crippen molar-refractivity contribution in [3.63, 3.8) is 0 Å². The molecule has 1 N–H and O–H groups in total. The van der Waals surface area contributed by atoms with Gasteiger partial charge in [-0.15, -0.1) is 11.3 Å². The molecule has 19 heavy (non-hydrogen) atoms. The first kappa shape index (κ1) is 12.6. The quantitative estimate of drug-likeness (QED) is 0.823. The third-order valence-electron chi connectivity index (χ3n) is 3.74. The first-order valence-electron chi connectivity index (χ1n) is 6.23. The predicted molar refractivity (Wildman–Crippen MR) is 68.7 cm³/mol. The molecule has 2 fully saturated rings. The molecule has 3 heterocycles. The minimum atomic E-state index is -0.742. The highest BCUT2D eigenvalue weighted by Crippen LogP contribution is 2.30. The van der Waals surface area contributed by atoms with E-state index in [0.29, 0.717) is 32.6 Å². The van der Waals surface area contributed by atoms with Crippen molar-refractivity contribution in [2.24, 2.45) is 0 Å². The van der Waals surface area contributed by atoms with E-state index in [1.165, 1.54) is 16.2 Å². The Morgan fingerprint density at radius 2 is 2.21 bits per heavy atom. The van der Waals surface area contributed by atoms with Gasteiger partial charge in [0.2, 0.25) is 0 Å². The first-order chi connectivity index (χ1) is 9.12. The molecule has 1 aromatic rings. The van der Waals surface area contributed by atoms with E-state index in [2.05, 4.69) is 10.3 Å². The molecule has 0 saturated carbocycles. The average Bonchev–Trinajstić information content (AvgIpc) is 2.89. The number of nitrogens with zero attached hydrogens (tertiary/aromatic N) is 2. The van der Waals surface area contributed by atoms with Crippen LogP contribution >= 0.6 is 11.3 Å². The number of aromatic nitrogens is 1. The molecule has 0 aromatic carbocycles. The maximum Gasteiger partial charge on any atom is 0.325 e. The highest BCUT2D eigenvalue weighted by atomic mass is 32.1. The molecule has 1 spiro atoms. The molecular formula is C12H15N3O3S. The van der Waals surface area contributed by atoms with Crippen molar-refractivity contribution >= 4 is 23.3 Å². The first-order valence-corrected chi connectivity index (χ1v) is 7.11. The molecule has 102 valence electrons. The molecule has 0 atom stereocenters. The van der Waals surface area contributed by atoms with Gasteiger partial charge < -0.3 is 10.1 Å². The van der Waals surface area contributed by atoms with Gasteiger partial charge >= 0.3 is 6.03 Å². The van der Waals surface area contributed by atoms with Crippen molar-refractivity contribution in [1.29, 1.82) is 0 Å². The lowest BCUT2D eigenvalue weighted by Crippen LogP contribution is -2.51. The van der Waals surface area contributed by atoms with Crippen LogP contribution in [0.3, 0.4) is 0 Å². The van der Waals surface area contributed by atoms with Crippen LogP contribution in [0.25, 0.3) is 0 Å². The smallest absolute Gasteiger partial charge is 0.325 e. The zero-order chi connectivity index (χ0) is 13.5. The standard InChI is InChI=1S/C12H15N3O3S/c1-8-9(19-7-13-8)6-15-10(16)12(14-11(15)17)2-4-18-5-3-12/h7H,2-6H2,1H3,(H,14,17).